The van der Waals surface area contributed by atoms with E-state index in [2.05, 4.69) is 15.9 Å². The second-order valence-corrected chi connectivity index (χ2v) is 6.45. The normalized spacial score (nSPS) is 19.1. The maximum atomic E-state index is 11.7. The third-order valence-electron chi connectivity index (χ3n) is 2.45. The molecule has 1 aromatic rings. The van der Waals surface area contributed by atoms with Gasteiger partial charge in [-0.05, 0) is 30.7 Å². The van der Waals surface area contributed by atoms with Crippen molar-refractivity contribution in [2.45, 2.75) is 13.3 Å². The molecule has 0 atom stereocenters. The van der Waals surface area contributed by atoms with Crippen LogP contribution in [0.5, 0.6) is 0 Å². The molecule has 2 rings (SSSR count). The minimum atomic E-state index is -3.45. The van der Waals surface area contributed by atoms with Crippen molar-refractivity contribution < 1.29 is 13.2 Å². The number of carbonyl (C=O) groups is 1. The van der Waals surface area contributed by atoms with E-state index in [-0.39, 0.29) is 18.1 Å². The van der Waals surface area contributed by atoms with Gasteiger partial charge in [-0.1, -0.05) is 15.9 Å². The zero-order valence-electron chi connectivity index (χ0n) is 8.60. The predicted molar refractivity (Wildman–Crippen MR) is 64.8 cm³/mol. The van der Waals surface area contributed by atoms with Crippen molar-refractivity contribution in [2.24, 2.45) is 0 Å². The quantitative estimate of drug-likeness (QED) is 0.795. The Bertz CT molecular complexity index is 553. The Balaban J connectivity index is 2.52. The summed E-state index contributed by atoms with van der Waals surface area (Å²) in [6.45, 7) is 1.85. The Hall–Kier alpha value is -0.880. The standard InChI is InChI=1S/C10H10BrNO3S/c1-7-6-8(2-3-9(7)11)12-10(13)4-5-16(12,14)15/h2-3,6H,4-5H2,1H3. The first-order valence-corrected chi connectivity index (χ1v) is 7.14. The Morgan fingerprint density at radius 1 is 1.38 bits per heavy atom. The lowest BCUT2D eigenvalue weighted by molar-refractivity contribution is -0.116. The average Bonchev–Trinajstić information content (AvgIpc) is 2.46. The number of rotatable bonds is 1. The fourth-order valence-corrected chi connectivity index (χ4v) is 3.32. The Morgan fingerprint density at radius 2 is 2.06 bits per heavy atom. The van der Waals surface area contributed by atoms with Crippen LogP contribution in [0, 0.1) is 6.92 Å². The van der Waals surface area contributed by atoms with E-state index < -0.39 is 10.0 Å². The molecule has 16 heavy (non-hydrogen) atoms. The van der Waals surface area contributed by atoms with Gasteiger partial charge in [0.1, 0.15) is 0 Å². The van der Waals surface area contributed by atoms with Crippen LogP contribution in [0.15, 0.2) is 22.7 Å². The van der Waals surface area contributed by atoms with Crippen LogP contribution >= 0.6 is 15.9 Å². The van der Waals surface area contributed by atoms with Crippen LogP contribution in [0.3, 0.4) is 0 Å². The van der Waals surface area contributed by atoms with Crippen molar-refractivity contribution in [3.63, 3.8) is 0 Å². The number of halogens is 1. The average molecular weight is 304 g/mol. The van der Waals surface area contributed by atoms with Crippen LogP contribution < -0.4 is 4.31 Å². The topological polar surface area (TPSA) is 54.5 Å². The van der Waals surface area contributed by atoms with E-state index >= 15 is 0 Å². The number of aryl methyl sites for hydroxylation is 1. The van der Waals surface area contributed by atoms with Gasteiger partial charge in [0.15, 0.2) is 0 Å². The minimum Gasteiger partial charge on any atom is -0.273 e. The Labute approximate surface area is 102 Å². The third kappa shape index (κ3) is 1.87. The summed E-state index contributed by atoms with van der Waals surface area (Å²) < 4.78 is 25.1. The van der Waals surface area contributed by atoms with Gasteiger partial charge in [-0.3, -0.25) is 4.79 Å². The summed E-state index contributed by atoms with van der Waals surface area (Å²) in [5, 5.41) is 0. The molecule has 0 spiro atoms. The molecule has 0 aliphatic carbocycles. The minimum absolute atomic E-state index is 0.0669. The molecule has 4 nitrogen and oxygen atoms in total. The zero-order chi connectivity index (χ0) is 11.9. The summed E-state index contributed by atoms with van der Waals surface area (Å²) in [4.78, 5) is 11.5. The van der Waals surface area contributed by atoms with Gasteiger partial charge in [0.25, 0.3) is 0 Å². The first-order valence-electron chi connectivity index (χ1n) is 4.74. The zero-order valence-corrected chi connectivity index (χ0v) is 11.0. The number of hydrogen-bond donors (Lipinski definition) is 0. The lowest BCUT2D eigenvalue weighted by Crippen LogP contribution is -2.29. The molecule has 6 heteroatoms. The molecule has 0 bridgehead atoms. The predicted octanol–water partition coefficient (Wildman–Crippen LogP) is 1.82. The second-order valence-electron chi connectivity index (χ2n) is 3.66. The summed E-state index contributed by atoms with van der Waals surface area (Å²) in [5.74, 6) is -0.456. The largest absolute Gasteiger partial charge is 0.273 e. The maximum Gasteiger partial charge on any atom is 0.242 e. The van der Waals surface area contributed by atoms with Gasteiger partial charge in [-0.25, -0.2) is 12.7 Å². The molecule has 1 saturated heterocycles. The lowest BCUT2D eigenvalue weighted by Gasteiger charge is -2.15. The molecule has 0 radical (unpaired) electrons. The molecule has 1 aliphatic heterocycles. The van der Waals surface area contributed by atoms with E-state index in [9.17, 15) is 13.2 Å². The summed E-state index contributed by atoms with van der Waals surface area (Å²) in [6, 6.07) is 5.05. The SMILES string of the molecule is Cc1cc(N2C(=O)CCS2(=O)=O)ccc1Br. The van der Waals surface area contributed by atoms with E-state index in [1.54, 1.807) is 18.2 Å². The van der Waals surface area contributed by atoms with Crippen molar-refractivity contribution in [2.75, 3.05) is 10.1 Å². The molecule has 1 heterocycles. The smallest absolute Gasteiger partial charge is 0.242 e. The number of sulfonamides is 1. The Morgan fingerprint density at radius 3 is 2.56 bits per heavy atom. The first kappa shape index (κ1) is 11.6. The lowest BCUT2D eigenvalue weighted by atomic mass is 10.2. The van der Waals surface area contributed by atoms with Crippen LogP contribution in [-0.2, 0) is 14.8 Å². The molecule has 0 N–H and O–H groups in total. The molecular weight excluding hydrogens is 294 g/mol. The van der Waals surface area contributed by atoms with Gasteiger partial charge in [0.2, 0.25) is 15.9 Å². The first-order chi connectivity index (χ1) is 7.42. The molecular formula is C10H10BrNO3S. The molecule has 0 aromatic heterocycles. The van der Waals surface area contributed by atoms with Crippen molar-refractivity contribution in [3.05, 3.63) is 28.2 Å². The highest BCUT2D eigenvalue weighted by Gasteiger charge is 2.36. The molecule has 0 unspecified atom stereocenters. The van der Waals surface area contributed by atoms with Gasteiger partial charge in [0, 0.05) is 10.9 Å². The second kappa shape index (κ2) is 3.85. The van der Waals surface area contributed by atoms with E-state index in [0.717, 1.165) is 14.3 Å². The summed E-state index contributed by atoms with van der Waals surface area (Å²) in [7, 11) is -3.45. The number of hydrogen-bond acceptors (Lipinski definition) is 3. The van der Waals surface area contributed by atoms with E-state index in [4.69, 9.17) is 0 Å². The monoisotopic (exact) mass is 303 g/mol. The van der Waals surface area contributed by atoms with Crippen molar-refractivity contribution in [1.82, 2.24) is 0 Å². The number of amides is 1. The molecule has 1 aromatic carbocycles. The van der Waals surface area contributed by atoms with Crippen molar-refractivity contribution >= 4 is 37.5 Å². The molecule has 1 aliphatic rings. The number of nitrogens with zero attached hydrogens (tertiary/aromatic N) is 1. The van der Waals surface area contributed by atoms with E-state index in [1.165, 1.54) is 0 Å². The van der Waals surface area contributed by atoms with Crippen LogP contribution in [0.4, 0.5) is 5.69 Å². The highest BCUT2D eigenvalue weighted by atomic mass is 79.9. The highest BCUT2D eigenvalue weighted by Crippen LogP contribution is 2.28. The summed E-state index contributed by atoms with van der Waals surface area (Å²) in [5.41, 5.74) is 1.32. The van der Waals surface area contributed by atoms with Gasteiger partial charge < -0.3 is 0 Å². The summed E-state index contributed by atoms with van der Waals surface area (Å²) >= 11 is 3.33. The molecule has 1 amide bonds. The third-order valence-corrected chi connectivity index (χ3v) is 5.04. The van der Waals surface area contributed by atoms with Crippen molar-refractivity contribution in [1.29, 1.82) is 0 Å². The molecule has 86 valence electrons. The van der Waals surface area contributed by atoms with Gasteiger partial charge in [-0.2, -0.15) is 0 Å². The number of anilines is 1. The van der Waals surface area contributed by atoms with Gasteiger partial charge in [-0.15, -0.1) is 0 Å². The number of benzene rings is 1. The summed E-state index contributed by atoms with van der Waals surface area (Å²) in [6.07, 6.45) is 0.0669. The van der Waals surface area contributed by atoms with E-state index in [1.807, 2.05) is 6.92 Å². The van der Waals surface area contributed by atoms with Gasteiger partial charge >= 0.3 is 0 Å². The van der Waals surface area contributed by atoms with Crippen LogP contribution in [0.25, 0.3) is 0 Å². The van der Waals surface area contributed by atoms with Gasteiger partial charge in [0.05, 0.1) is 11.4 Å². The van der Waals surface area contributed by atoms with Crippen LogP contribution in [0.1, 0.15) is 12.0 Å². The van der Waals surface area contributed by atoms with E-state index in [0.29, 0.717) is 5.69 Å². The molecule has 1 fully saturated rings. The number of carbonyl (C=O) groups excluding carboxylic acids is 1. The fraction of sp³-hybridized carbons (Fsp3) is 0.300. The molecule has 0 saturated carbocycles. The highest BCUT2D eigenvalue weighted by molar-refractivity contribution is 9.10. The van der Waals surface area contributed by atoms with Crippen LogP contribution in [-0.4, -0.2) is 20.1 Å². The van der Waals surface area contributed by atoms with Crippen LogP contribution in [0.2, 0.25) is 0 Å². The Kier molecular flexibility index (Phi) is 2.79. The van der Waals surface area contributed by atoms with Crippen molar-refractivity contribution in [3.8, 4) is 0 Å². The fourth-order valence-electron chi connectivity index (χ4n) is 1.62. The maximum absolute atomic E-state index is 11.7.